The van der Waals surface area contributed by atoms with Crippen LogP contribution in [0.25, 0.3) is 11.1 Å². The summed E-state index contributed by atoms with van der Waals surface area (Å²) in [7, 11) is 0. The average molecular weight is 445 g/mol. The first-order chi connectivity index (χ1) is 16.1. The molecule has 0 aromatic heterocycles. The molecule has 170 valence electrons. The summed E-state index contributed by atoms with van der Waals surface area (Å²) in [6.45, 7) is 4.61. The molecule has 4 nitrogen and oxygen atoms in total. The molecule has 0 radical (unpaired) electrons. The Kier molecular flexibility index (Phi) is 6.51. The van der Waals surface area contributed by atoms with E-state index in [2.05, 4.69) is 28.4 Å². The number of amides is 1. The van der Waals surface area contributed by atoms with Crippen molar-refractivity contribution in [3.8, 4) is 11.1 Å². The Morgan fingerprint density at radius 1 is 0.939 bits per heavy atom. The highest BCUT2D eigenvalue weighted by molar-refractivity contribution is 5.94. The summed E-state index contributed by atoms with van der Waals surface area (Å²) in [5, 5.41) is 3.21. The fourth-order valence-corrected chi connectivity index (χ4v) is 4.77. The summed E-state index contributed by atoms with van der Waals surface area (Å²) >= 11 is 0. The van der Waals surface area contributed by atoms with Gasteiger partial charge in [-0.2, -0.15) is 0 Å². The fraction of sp³-hybridized carbons (Fsp3) is 0.321. The van der Waals surface area contributed by atoms with Gasteiger partial charge in [-0.3, -0.25) is 9.69 Å². The van der Waals surface area contributed by atoms with Gasteiger partial charge in [0.25, 0.3) is 5.91 Å². The van der Waals surface area contributed by atoms with Gasteiger partial charge in [0.2, 0.25) is 0 Å². The van der Waals surface area contributed by atoms with Gasteiger partial charge >= 0.3 is 0 Å². The number of nitrogens with one attached hydrogen (secondary N) is 1. The Morgan fingerprint density at radius 2 is 1.64 bits per heavy atom. The second-order valence-corrected chi connectivity index (χ2v) is 8.99. The van der Waals surface area contributed by atoms with Crippen LogP contribution in [0, 0.1) is 5.82 Å². The molecule has 33 heavy (non-hydrogen) atoms. The average Bonchev–Trinajstić information content (AvgIpc) is 2.85. The van der Waals surface area contributed by atoms with Gasteiger partial charge in [0.1, 0.15) is 5.82 Å². The molecule has 1 atom stereocenters. The third-order valence-corrected chi connectivity index (χ3v) is 6.67. The van der Waals surface area contributed by atoms with Crippen LogP contribution in [0.1, 0.15) is 33.5 Å². The second-order valence-electron chi connectivity index (χ2n) is 8.99. The highest BCUT2D eigenvalue weighted by Crippen LogP contribution is 2.24. The topological polar surface area (TPSA) is 41.6 Å². The van der Waals surface area contributed by atoms with Gasteiger partial charge in [0.15, 0.2) is 0 Å². The van der Waals surface area contributed by atoms with E-state index in [1.54, 1.807) is 12.1 Å². The molecule has 1 aliphatic carbocycles. The van der Waals surface area contributed by atoms with Crippen molar-refractivity contribution in [1.82, 2.24) is 10.2 Å². The van der Waals surface area contributed by atoms with E-state index in [9.17, 15) is 9.18 Å². The lowest BCUT2D eigenvalue weighted by Crippen LogP contribution is -2.39. The smallest absolute Gasteiger partial charge is 0.251 e. The number of ether oxygens (including phenoxy) is 1. The zero-order valence-corrected chi connectivity index (χ0v) is 18.7. The third kappa shape index (κ3) is 5.32. The number of aryl methyl sites for hydroxylation is 1. The lowest BCUT2D eigenvalue weighted by molar-refractivity contribution is 0.0342. The number of halogens is 1. The summed E-state index contributed by atoms with van der Waals surface area (Å²) in [5.41, 5.74) is 6.65. The van der Waals surface area contributed by atoms with Gasteiger partial charge in [-0.25, -0.2) is 4.39 Å². The summed E-state index contributed by atoms with van der Waals surface area (Å²) in [6, 6.07) is 20.8. The van der Waals surface area contributed by atoms with Crippen LogP contribution in [-0.2, 0) is 24.1 Å². The molecule has 0 bridgehead atoms. The van der Waals surface area contributed by atoms with E-state index in [1.165, 1.54) is 28.8 Å². The van der Waals surface area contributed by atoms with Gasteiger partial charge in [-0.1, -0.05) is 42.5 Å². The number of nitrogens with zero attached hydrogens (tertiary/aromatic N) is 1. The Bertz CT molecular complexity index is 1110. The van der Waals surface area contributed by atoms with Crippen LogP contribution in [0.5, 0.6) is 0 Å². The van der Waals surface area contributed by atoms with Crippen LogP contribution in [0.2, 0.25) is 0 Å². The van der Waals surface area contributed by atoms with Crippen molar-refractivity contribution in [1.29, 1.82) is 0 Å². The first-order valence-corrected chi connectivity index (χ1v) is 11.7. The van der Waals surface area contributed by atoms with Crippen LogP contribution >= 0.6 is 0 Å². The predicted octanol–water partition coefficient (Wildman–Crippen LogP) is 4.61. The minimum absolute atomic E-state index is 0.0435. The zero-order chi connectivity index (χ0) is 22.6. The number of morpholine rings is 1. The molecule has 1 fully saturated rings. The molecule has 2 aliphatic rings. The van der Waals surface area contributed by atoms with E-state index in [0.29, 0.717) is 5.56 Å². The highest BCUT2D eigenvalue weighted by atomic mass is 19.1. The molecule has 3 aromatic carbocycles. The molecule has 5 rings (SSSR count). The fourth-order valence-electron chi connectivity index (χ4n) is 4.77. The van der Waals surface area contributed by atoms with Gasteiger partial charge in [0, 0.05) is 31.2 Å². The second kappa shape index (κ2) is 9.86. The van der Waals surface area contributed by atoms with E-state index in [-0.39, 0.29) is 17.8 Å². The van der Waals surface area contributed by atoms with Crippen molar-refractivity contribution in [2.75, 3.05) is 26.3 Å². The Balaban J connectivity index is 1.18. The predicted molar refractivity (Wildman–Crippen MR) is 128 cm³/mol. The first kappa shape index (κ1) is 21.8. The van der Waals surface area contributed by atoms with Crippen LogP contribution in [-0.4, -0.2) is 43.2 Å². The molecule has 0 saturated carbocycles. The lowest BCUT2D eigenvalue weighted by atomic mass is 9.87. The molecule has 1 unspecified atom stereocenters. The standard InChI is InChI=1S/C28H29FN2O2/c29-26-10-7-22(8-11-26)21-3-5-23(6-4-21)28(32)30-27-12-9-24-17-20(1-2-25(24)18-27)19-31-13-15-33-16-14-31/h1-8,10-11,17,27H,9,12-16,18-19H2,(H,30,32). The number of carbonyl (C=O) groups excluding carboxylic acids is 1. The van der Waals surface area contributed by atoms with E-state index < -0.39 is 0 Å². The molecule has 3 aromatic rings. The third-order valence-electron chi connectivity index (χ3n) is 6.67. The number of hydrogen-bond acceptors (Lipinski definition) is 3. The van der Waals surface area contributed by atoms with Crippen LogP contribution in [0.3, 0.4) is 0 Å². The quantitative estimate of drug-likeness (QED) is 0.625. The Hall–Kier alpha value is -3.02. The van der Waals surface area contributed by atoms with Crippen LogP contribution in [0.15, 0.2) is 66.7 Å². The first-order valence-electron chi connectivity index (χ1n) is 11.7. The Morgan fingerprint density at radius 3 is 2.36 bits per heavy atom. The SMILES string of the molecule is O=C(NC1CCc2cc(CN3CCOCC3)ccc2C1)c1ccc(-c2ccc(F)cc2)cc1. The number of rotatable bonds is 5. The minimum atomic E-state index is -0.253. The maximum atomic E-state index is 13.1. The van der Waals surface area contributed by atoms with E-state index in [4.69, 9.17) is 4.74 Å². The van der Waals surface area contributed by atoms with E-state index in [0.717, 1.165) is 63.2 Å². The summed E-state index contributed by atoms with van der Waals surface area (Å²) in [4.78, 5) is 15.3. The van der Waals surface area contributed by atoms with E-state index in [1.807, 2.05) is 24.3 Å². The molecular weight excluding hydrogens is 415 g/mol. The molecule has 1 N–H and O–H groups in total. The molecule has 1 saturated heterocycles. The minimum Gasteiger partial charge on any atom is -0.379 e. The Labute approximate surface area is 194 Å². The molecule has 1 amide bonds. The van der Waals surface area contributed by atoms with Crippen molar-refractivity contribution in [3.05, 3.63) is 94.8 Å². The highest BCUT2D eigenvalue weighted by Gasteiger charge is 2.21. The van der Waals surface area contributed by atoms with Crippen molar-refractivity contribution in [2.24, 2.45) is 0 Å². The van der Waals surface area contributed by atoms with Crippen molar-refractivity contribution in [3.63, 3.8) is 0 Å². The molecule has 1 heterocycles. The van der Waals surface area contributed by atoms with Gasteiger partial charge in [0.05, 0.1) is 13.2 Å². The van der Waals surface area contributed by atoms with Crippen molar-refractivity contribution < 1.29 is 13.9 Å². The van der Waals surface area contributed by atoms with Crippen LogP contribution < -0.4 is 5.32 Å². The van der Waals surface area contributed by atoms with Gasteiger partial charge in [-0.15, -0.1) is 0 Å². The maximum absolute atomic E-state index is 13.1. The normalized spacial score (nSPS) is 18.5. The van der Waals surface area contributed by atoms with Crippen molar-refractivity contribution in [2.45, 2.75) is 31.8 Å². The van der Waals surface area contributed by atoms with E-state index >= 15 is 0 Å². The molecule has 1 aliphatic heterocycles. The number of carbonyl (C=O) groups is 1. The summed E-state index contributed by atoms with van der Waals surface area (Å²) in [6.07, 6.45) is 2.81. The van der Waals surface area contributed by atoms with Gasteiger partial charge < -0.3 is 10.1 Å². The molecule has 0 spiro atoms. The van der Waals surface area contributed by atoms with Crippen molar-refractivity contribution >= 4 is 5.91 Å². The largest absolute Gasteiger partial charge is 0.379 e. The summed E-state index contributed by atoms with van der Waals surface area (Å²) < 4.78 is 18.6. The van der Waals surface area contributed by atoms with Crippen LogP contribution in [0.4, 0.5) is 4.39 Å². The number of fused-ring (bicyclic) bond motifs is 1. The number of hydrogen-bond donors (Lipinski definition) is 1. The summed E-state index contributed by atoms with van der Waals surface area (Å²) in [5.74, 6) is -0.296. The molecule has 5 heteroatoms. The number of benzene rings is 3. The zero-order valence-electron chi connectivity index (χ0n) is 18.7. The molecular formula is C28H29FN2O2. The monoisotopic (exact) mass is 444 g/mol. The van der Waals surface area contributed by atoms with Gasteiger partial charge in [-0.05, 0) is 71.3 Å². The lowest BCUT2D eigenvalue weighted by Gasteiger charge is -2.28. The maximum Gasteiger partial charge on any atom is 0.251 e.